The molecule has 1 unspecified atom stereocenters. The smallest absolute Gasteiger partial charge is 0.297 e. The fourth-order valence-corrected chi connectivity index (χ4v) is 3.05. The summed E-state index contributed by atoms with van der Waals surface area (Å²) in [4.78, 5) is 0. The fraction of sp³-hybridized carbons (Fsp3) is 0.538. The second-order valence-electron chi connectivity index (χ2n) is 4.01. The highest BCUT2D eigenvalue weighted by atomic mass is 31.2. The molecule has 0 aliphatic carbocycles. The molecule has 0 radical (unpaired) electrons. The lowest BCUT2D eigenvalue weighted by molar-refractivity contribution is 0.210. The molecule has 0 bridgehead atoms. The summed E-state index contributed by atoms with van der Waals surface area (Å²) in [6.07, 6.45) is 0. The van der Waals surface area contributed by atoms with Gasteiger partial charge in [-0.3, -0.25) is 9.05 Å². The van der Waals surface area contributed by atoms with Crippen molar-refractivity contribution in [1.29, 1.82) is 0 Å². The summed E-state index contributed by atoms with van der Waals surface area (Å²) in [6, 6.07) is 10.1. The molecule has 0 heterocycles. The molecule has 1 rings (SSSR count). The molecular weight excluding hydrogens is 249 g/mol. The second kappa shape index (κ2) is 7.70. The maximum absolute atomic E-state index is 12.2. The van der Waals surface area contributed by atoms with Crippen LogP contribution in [0.4, 0.5) is 0 Å². The first-order valence-corrected chi connectivity index (χ1v) is 7.84. The fourth-order valence-electron chi connectivity index (χ4n) is 1.62. The zero-order valence-corrected chi connectivity index (χ0v) is 12.2. The summed E-state index contributed by atoms with van der Waals surface area (Å²) >= 11 is 0. The topological polar surface area (TPSA) is 47.6 Å². The Morgan fingerprint density at radius 1 is 1.17 bits per heavy atom. The highest BCUT2D eigenvalue weighted by Crippen LogP contribution is 2.43. The van der Waals surface area contributed by atoms with Gasteiger partial charge >= 0.3 is 7.75 Å². The summed E-state index contributed by atoms with van der Waals surface area (Å²) in [5.74, 6) is 0.250. The minimum absolute atomic E-state index is 0.250. The van der Waals surface area contributed by atoms with E-state index in [-0.39, 0.29) is 5.92 Å². The normalized spacial score (nSPS) is 13.5. The Hall–Kier alpha value is -0.670. The highest BCUT2D eigenvalue weighted by Gasteiger charge is 2.23. The average molecular weight is 271 g/mol. The Morgan fingerprint density at radius 3 is 2.22 bits per heavy atom. The van der Waals surface area contributed by atoms with E-state index >= 15 is 0 Å². The SMILES string of the molecule is CCOP(=O)(NCC(C)c1ccccc1)OCC. The Kier molecular flexibility index (Phi) is 6.58. The summed E-state index contributed by atoms with van der Waals surface area (Å²) in [7, 11) is -3.14. The van der Waals surface area contributed by atoms with Crippen LogP contribution in [-0.2, 0) is 13.6 Å². The molecule has 1 aromatic rings. The molecule has 0 amide bonds. The van der Waals surface area contributed by atoms with Gasteiger partial charge in [-0.2, -0.15) is 0 Å². The minimum atomic E-state index is -3.14. The van der Waals surface area contributed by atoms with Gasteiger partial charge in [0, 0.05) is 6.54 Å². The van der Waals surface area contributed by atoms with E-state index in [1.165, 1.54) is 5.56 Å². The molecule has 0 spiro atoms. The lowest BCUT2D eigenvalue weighted by Crippen LogP contribution is -2.20. The first kappa shape index (κ1) is 15.4. The van der Waals surface area contributed by atoms with E-state index in [4.69, 9.17) is 9.05 Å². The van der Waals surface area contributed by atoms with Gasteiger partial charge in [-0.05, 0) is 25.3 Å². The van der Waals surface area contributed by atoms with Crippen molar-refractivity contribution in [2.24, 2.45) is 0 Å². The molecule has 4 nitrogen and oxygen atoms in total. The van der Waals surface area contributed by atoms with Gasteiger partial charge in [0.05, 0.1) is 13.2 Å². The first-order chi connectivity index (χ1) is 8.61. The summed E-state index contributed by atoms with van der Waals surface area (Å²) in [5.41, 5.74) is 1.20. The van der Waals surface area contributed by atoms with Gasteiger partial charge in [-0.25, -0.2) is 9.65 Å². The van der Waals surface area contributed by atoms with Crippen molar-refractivity contribution in [2.75, 3.05) is 19.8 Å². The van der Waals surface area contributed by atoms with Crippen LogP contribution < -0.4 is 5.09 Å². The van der Waals surface area contributed by atoms with Crippen LogP contribution in [0.1, 0.15) is 32.3 Å². The monoisotopic (exact) mass is 271 g/mol. The van der Waals surface area contributed by atoms with Crippen molar-refractivity contribution in [3.63, 3.8) is 0 Å². The second-order valence-corrected chi connectivity index (χ2v) is 5.83. The van der Waals surface area contributed by atoms with Gasteiger partial charge in [0.15, 0.2) is 0 Å². The third kappa shape index (κ3) is 4.91. The quantitative estimate of drug-likeness (QED) is 0.734. The molecule has 1 atom stereocenters. The van der Waals surface area contributed by atoms with Crippen molar-refractivity contribution in [1.82, 2.24) is 5.09 Å². The zero-order chi connectivity index (χ0) is 13.4. The molecule has 1 aromatic carbocycles. The van der Waals surface area contributed by atoms with Gasteiger partial charge in [0.2, 0.25) is 0 Å². The number of benzene rings is 1. The van der Waals surface area contributed by atoms with Gasteiger partial charge in [0.25, 0.3) is 0 Å². The number of hydrogen-bond acceptors (Lipinski definition) is 3. The van der Waals surface area contributed by atoms with Gasteiger partial charge in [-0.15, -0.1) is 0 Å². The summed E-state index contributed by atoms with van der Waals surface area (Å²) in [6.45, 7) is 6.96. The standard InChI is InChI=1S/C13H22NO3P/c1-4-16-18(15,17-5-2)14-11-12(3)13-9-7-6-8-10-13/h6-10,12H,4-5,11H2,1-3H3,(H,14,15). The van der Waals surface area contributed by atoms with E-state index in [0.717, 1.165) is 0 Å². The van der Waals surface area contributed by atoms with Gasteiger partial charge < -0.3 is 0 Å². The Balaban J connectivity index is 2.55. The van der Waals surface area contributed by atoms with Crippen molar-refractivity contribution in [3.05, 3.63) is 35.9 Å². The maximum atomic E-state index is 12.2. The maximum Gasteiger partial charge on any atom is 0.405 e. The van der Waals surface area contributed by atoms with Crippen LogP contribution in [0.25, 0.3) is 0 Å². The van der Waals surface area contributed by atoms with Crippen LogP contribution in [0.3, 0.4) is 0 Å². The largest absolute Gasteiger partial charge is 0.405 e. The predicted octanol–water partition coefficient (Wildman–Crippen LogP) is 3.56. The number of rotatable bonds is 8. The van der Waals surface area contributed by atoms with Gasteiger partial charge in [0.1, 0.15) is 0 Å². The molecule has 18 heavy (non-hydrogen) atoms. The van der Waals surface area contributed by atoms with Crippen LogP contribution in [0.2, 0.25) is 0 Å². The Labute approximate surface area is 109 Å². The molecule has 1 N–H and O–H groups in total. The van der Waals surface area contributed by atoms with E-state index in [2.05, 4.69) is 24.1 Å². The van der Waals surface area contributed by atoms with E-state index in [9.17, 15) is 4.57 Å². The molecule has 0 aliphatic rings. The molecule has 0 saturated carbocycles. The molecule has 0 saturated heterocycles. The van der Waals surface area contributed by atoms with E-state index in [1.807, 2.05) is 18.2 Å². The van der Waals surface area contributed by atoms with E-state index < -0.39 is 7.75 Å². The van der Waals surface area contributed by atoms with Crippen LogP contribution in [0.15, 0.2) is 30.3 Å². The highest BCUT2D eigenvalue weighted by molar-refractivity contribution is 7.51. The summed E-state index contributed by atoms with van der Waals surface area (Å²) in [5, 5.41) is 2.91. The van der Waals surface area contributed by atoms with Crippen LogP contribution >= 0.6 is 7.75 Å². The zero-order valence-electron chi connectivity index (χ0n) is 11.3. The molecule has 5 heteroatoms. The third-order valence-electron chi connectivity index (χ3n) is 2.56. The molecular formula is C13H22NO3P. The number of hydrogen-bond donors (Lipinski definition) is 1. The third-order valence-corrected chi connectivity index (χ3v) is 4.32. The van der Waals surface area contributed by atoms with Crippen LogP contribution in [0, 0.1) is 0 Å². The summed E-state index contributed by atoms with van der Waals surface area (Å²) < 4.78 is 22.6. The van der Waals surface area contributed by atoms with E-state index in [0.29, 0.717) is 19.8 Å². The van der Waals surface area contributed by atoms with Crippen molar-refractivity contribution in [3.8, 4) is 0 Å². The minimum Gasteiger partial charge on any atom is -0.297 e. The predicted molar refractivity (Wildman–Crippen MR) is 73.7 cm³/mol. The van der Waals surface area contributed by atoms with Crippen molar-refractivity contribution in [2.45, 2.75) is 26.7 Å². The Morgan fingerprint density at radius 2 is 1.72 bits per heavy atom. The lowest BCUT2D eigenvalue weighted by Gasteiger charge is -2.20. The van der Waals surface area contributed by atoms with Crippen LogP contribution in [-0.4, -0.2) is 19.8 Å². The molecule has 102 valence electrons. The van der Waals surface area contributed by atoms with Crippen LogP contribution in [0.5, 0.6) is 0 Å². The van der Waals surface area contributed by atoms with E-state index in [1.54, 1.807) is 13.8 Å². The molecule has 0 aliphatic heterocycles. The van der Waals surface area contributed by atoms with Crippen molar-refractivity contribution < 1.29 is 13.6 Å². The average Bonchev–Trinajstić information content (AvgIpc) is 2.38. The van der Waals surface area contributed by atoms with Gasteiger partial charge in [-0.1, -0.05) is 37.3 Å². The first-order valence-electron chi connectivity index (χ1n) is 6.30. The number of nitrogens with one attached hydrogen (secondary N) is 1. The van der Waals surface area contributed by atoms with Crippen molar-refractivity contribution >= 4 is 7.75 Å². The Bertz CT molecular complexity index is 373. The lowest BCUT2D eigenvalue weighted by atomic mass is 10.0. The molecule has 0 fully saturated rings. The molecule has 0 aromatic heterocycles.